The molecule has 0 N–H and O–H groups in total. The van der Waals surface area contributed by atoms with Gasteiger partial charge in [0.05, 0.1) is 0 Å². The van der Waals surface area contributed by atoms with Crippen LogP contribution in [0.1, 0.15) is 25.7 Å². The first-order valence-corrected chi connectivity index (χ1v) is 7.05. The Morgan fingerprint density at radius 3 is 1.55 bits per heavy atom. The lowest BCUT2D eigenvalue weighted by molar-refractivity contribution is 0.857. The van der Waals surface area contributed by atoms with Crippen LogP contribution in [0, 0.1) is 0 Å². The summed E-state index contributed by atoms with van der Waals surface area (Å²) in [6.07, 6.45) is 5.06. The summed E-state index contributed by atoms with van der Waals surface area (Å²) in [6, 6.07) is 2.85. The molecule has 0 fully saturated rings. The van der Waals surface area contributed by atoms with Gasteiger partial charge in [0.1, 0.15) is 0 Å². The van der Waals surface area contributed by atoms with Crippen molar-refractivity contribution < 1.29 is 0 Å². The minimum absolute atomic E-state index is 0.694. The van der Waals surface area contributed by atoms with E-state index in [1.54, 1.807) is 0 Å². The van der Waals surface area contributed by atoms with E-state index in [2.05, 4.69) is 0 Å². The van der Waals surface area contributed by atoms with Crippen molar-refractivity contribution in [3.05, 3.63) is 0 Å². The number of alkyl halides is 2. The van der Waals surface area contributed by atoms with Gasteiger partial charge in [-0.3, -0.25) is 0 Å². The molecule has 0 bridgehead atoms. The Morgan fingerprint density at radius 2 is 1.18 bits per heavy atom. The third kappa shape index (κ3) is 10.8. The van der Waals surface area contributed by atoms with Crippen LogP contribution in [0.5, 0.6) is 0 Å². The Hall–Kier alpha value is 0.797. The van der Waals surface area contributed by atoms with Crippen LogP contribution in [-0.4, -0.2) is 21.3 Å². The van der Waals surface area contributed by atoms with Crippen LogP contribution >= 0.6 is 23.2 Å². The van der Waals surface area contributed by atoms with Crippen LogP contribution in [0.2, 0.25) is 12.1 Å². The van der Waals surface area contributed by atoms with Gasteiger partial charge >= 0.3 is 0 Å². The van der Waals surface area contributed by atoms with Crippen molar-refractivity contribution in [2.45, 2.75) is 37.8 Å². The Balaban J connectivity index is 2.69. The Labute approximate surface area is 82.5 Å². The standard InChI is InChI=1S/C8H17Cl2Si/c9-5-1-3-7-11-8-4-2-6-10/h11H,1-8H2. The van der Waals surface area contributed by atoms with Crippen molar-refractivity contribution in [2.24, 2.45) is 0 Å². The lowest BCUT2D eigenvalue weighted by Gasteiger charge is -1.97. The predicted molar refractivity (Wildman–Crippen MR) is 56.7 cm³/mol. The number of halogens is 2. The smallest absolute Gasteiger partial charge is 0.0280 e. The first-order chi connectivity index (χ1) is 5.41. The second kappa shape index (κ2) is 10.8. The molecule has 0 aliphatic carbocycles. The quantitative estimate of drug-likeness (QED) is 0.329. The molecule has 67 valence electrons. The van der Waals surface area contributed by atoms with Crippen LogP contribution in [0.3, 0.4) is 0 Å². The average Bonchev–Trinajstić information content (AvgIpc) is 2.03. The van der Waals surface area contributed by atoms with Gasteiger partial charge in [-0.1, -0.05) is 24.9 Å². The highest BCUT2D eigenvalue weighted by Crippen LogP contribution is 2.02. The van der Waals surface area contributed by atoms with Gasteiger partial charge < -0.3 is 0 Å². The van der Waals surface area contributed by atoms with Crippen molar-refractivity contribution in [1.29, 1.82) is 0 Å². The third-order valence-electron chi connectivity index (χ3n) is 1.58. The molecule has 0 aliphatic heterocycles. The molecule has 11 heavy (non-hydrogen) atoms. The topological polar surface area (TPSA) is 0 Å². The lowest BCUT2D eigenvalue weighted by atomic mass is 10.4. The molecular weight excluding hydrogens is 195 g/mol. The van der Waals surface area contributed by atoms with Crippen molar-refractivity contribution in [3.63, 3.8) is 0 Å². The zero-order chi connectivity index (χ0) is 8.36. The summed E-state index contributed by atoms with van der Waals surface area (Å²) in [5.41, 5.74) is 0. The van der Waals surface area contributed by atoms with Gasteiger partial charge in [-0.2, -0.15) is 0 Å². The maximum absolute atomic E-state index is 5.56. The molecule has 0 saturated carbocycles. The van der Waals surface area contributed by atoms with Crippen molar-refractivity contribution in [1.82, 2.24) is 0 Å². The molecule has 0 atom stereocenters. The van der Waals surface area contributed by atoms with E-state index in [0.717, 1.165) is 11.8 Å². The summed E-state index contributed by atoms with van der Waals surface area (Å²) in [6.45, 7) is 0. The Bertz CT molecular complexity index is 61.1. The van der Waals surface area contributed by atoms with Crippen molar-refractivity contribution in [3.8, 4) is 0 Å². The molecule has 0 rings (SSSR count). The fourth-order valence-corrected chi connectivity index (χ4v) is 2.73. The predicted octanol–water partition coefficient (Wildman–Crippen LogP) is 3.30. The summed E-state index contributed by atoms with van der Waals surface area (Å²) in [5, 5.41) is 0. The molecule has 0 aromatic heterocycles. The van der Waals surface area contributed by atoms with Crippen LogP contribution < -0.4 is 0 Å². The van der Waals surface area contributed by atoms with Crippen LogP contribution in [-0.2, 0) is 0 Å². The van der Waals surface area contributed by atoms with Crippen molar-refractivity contribution in [2.75, 3.05) is 11.8 Å². The van der Waals surface area contributed by atoms with Gasteiger partial charge in [-0.15, -0.1) is 23.2 Å². The molecule has 0 nitrogen and oxygen atoms in total. The van der Waals surface area contributed by atoms with E-state index in [-0.39, 0.29) is 0 Å². The molecule has 0 unspecified atom stereocenters. The van der Waals surface area contributed by atoms with E-state index in [1.807, 2.05) is 0 Å². The van der Waals surface area contributed by atoms with Gasteiger partial charge in [0.25, 0.3) is 0 Å². The molecule has 0 saturated heterocycles. The number of rotatable bonds is 8. The minimum atomic E-state index is 0.694. The number of unbranched alkanes of at least 4 members (excludes halogenated alkanes) is 2. The average molecular weight is 212 g/mol. The fraction of sp³-hybridized carbons (Fsp3) is 1.00. The van der Waals surface area contributed by atoms with E-state index in [9.17, 15) is 0 Å². The summed E-state index contributed by atoms with van der Waals surface area (Å²) in [5.74, 6) is 1.67. The highest BCUT2D eigenvalue weighted by atomic mass is 35.5. The second-order valence-electron chi connectivity index (χ2n) is 2.66. The first kappa shape index (κ1) is 11.8. The molecule has 0 spiro atoms. The monoisotopic (exact) mass is 211 g/mol. The maximum Gasteiger partial charge on any atom is 0.0280 e. The lowest BCUT2D eigenvalue weighted by Crippen LogP contribution is -1.90. The van der Waals surface area contributed by atoms with E-state index in [4.69, 9.17) is 23.2 Å². The first-order valence-electron chi connectivity index (χ1n) is 4.35. The van der Waals surface area contributed by atoms with Crippen molar-refractivity contribution >= 4 is 32.7 Å². The van der Waals surface area contributed by atoms with Gasteiger partial charge in [-0.05, 0) is 12.8 Å². The zero-order valence-corrected chi connectivity index (χ0v) is 9.66. The van der Waals surface area contributed by atoms with Gasteiger partial charge in [0.2, 0.25) is 0 Å². The van der Waals surface area contributed by atoms with E-state index >= 15 is 0 Å². The van der Waals surface area contributed by atoms with Gasteiger partial charge in [-0.25, -0.2) is 0 Å². The van der Waals surface area contributed by atoms with Crippen LogP contribution in [0.15, 0.2) is 0 Å². The normalized spacial score (nSPS) is 10.4. The zero-order valence-electron chi connectivity index (χ0n) is 6.99. The maximum atomic E-state index is 5.56. The van der Waals surface area contributed by atoms with Crippen LogP contribution in [0.4, 0.5) is 0 Å². The van der Waals surface area contributed by atoms with Gasteiger partial charge in [0, 0.05) is 21.3 Å². The van der Waals surface area contributed by atoms with E-state index < -0.39 is 0 Å². The molecular formula is C8H17Cl2Si. The minimum Gasteiger partial charge on any atom is -0.127 e. The van der Waals surface area contributed by atoms with Gasteiger partial charge in [0.15, 0.2) is 0 Å². The van der Waals surface area contributed by atoms with E-state index in [0.29, 0.717) is 9.52 Å². The summed E-state index contributed by atoms with van der Waals surface area (Å²) in [4.78, 5) is 0. The summed E-state index contributed by atoms with van der Waals surface area (Å²) < 4.78 is 0. The molecule has 0 aromatic rings. The molecule has 0 aliphatic rings. The molecule has 0 aromatic carbocycles. The summed E-state index contributed by atoms with van der Waals surface area (Å²) >= 11 is 11.1. The number of hydrogen-bond acceptors (Lipinski definition) is 0. The largest absolute Gasteiger partial charge is 0.127 e. The van der Waals surface area contributed by atoms with E-state index in [1.165, 1.54) is 37.8 Å². The third-order valence-corrected chi connectivity index (χ3v) is 3.75. The highest BCUT2D eigenvalue weighted by Gasteiger charge is 1.90. The SMILES string of the molecule is ClCCCC[SiH]CCCCCl. The second-order valence-corrected chi connectivity index (χ2v) is 5.15. The molecule has 1 radical (unpaired) electrons. The van der Waals surface area contributed by atoms with Crippen LogP contribution in [0.25, 0.3) is 0 Å². The fourth-order valence-electron chi connectivity index (χ4n) is 0.911. The Kier molecular flexibility index (Phi) is 11.6. The number of hydrogen-bond donors (Lipinski definition) is 0. The molecule has 0 heterocycles. The molecule has 0 amide bonds. The highest BCUT2D eigenvalue weighted by molar-refractivity contribution is 6.35. The Morgan fingerprint density at radius 1 is 0.727 bits per heavy atom. The molecule has 3 heteroatoms. The summed E-state index contributed by atoms with van der Waals surface area (Å²) in [7, 11) is 0.694.